The van der Waals surface area contributed by atoms with Crippen LogP contribution in [0.5, 0.6) is 5.75 Å². The van der Waals surface area contributed by atoms with Crippen LogP contribution in [0.2, 0.25) is 0 Å². The number of aliphatic hydroxyl groups excluding tert-OH is 1. The summed E-state index contributed by atoms with van der Waals surface area (Å²) in [6, 6.07) is 14.2. The summed E-state index contributed by atoms with van der Waals surface area (Å²) in [5, 5.41) is 19.0. The Morgan fingerprint density at radius 2 is 1.86 bits per heavy atom. The number of benzene rings is 2. The number of aromatic hydroxyl groups is 1. The van der Waals surface area contributed by atoms with Crippen molar-refractivity contribution in [3.8, 4) is 5.75 Å². The van der Waals surface area contributed by atoms with Gasteiger partial charge < -0.3 is 15.1 Å². The molecule has 2 aromatic rings. The smallest absolute Gasteiger partial charge is 0.254 e. The maximum atomic E-state index is 12.7. The van der Waals surface area contributed by atoms with E-state index >= 15 is 0 Å². The number of carbonyl (C=O) groups is 1. The zero-order chi connectivity index (χ0) is 16.1. The van der Waals surface area contributed by atoms with Crippen LogP contribution in [0.15, 0.2) is 48.5 Å². The fourth-order valence-electron chi connectivity index (χ4n) is 2.61. The van der Waals surface area contributed by atoms with Crippen molar-refractivity contribution in [3.05, 3.63) is 65.2 Å². The molecule has 0 bridgehead atoms. The summed E-state index contributed by atoms with van der Waals surface area (Å²) in [6.07, 6.45) is 0.462. The van der Waals surface area contributed by atoms with Crippen molar-refractivity contribution < 1.29 is 15.0 Å². The minimum absolute atomic E-state index is 0.00372. The Hall–Kier alpha value is -2.33. The van der Waals surface area contributed by atoms with E-state index < -0.39 is 0 Å². The number of carbonyl (C=O) groups excluding carboxylic acids is 1. The molecule has 1 atom stereocenters. The second-order valence-electron chi connectivity index (χ2n) is 5.41. The summed E-state index contributed by atoms with van der Waals surface area (Å²) in [6.45, 7) is 1.83. The van der Waals surface area contributed by atoms with Crippen LogP contribution in [0.25, 0.3) is 0 Å². The van der Waals surface area contributed by atoms with Gasteiger partial charge in [0.2, 0.25) is 0 Å². The minimum Gasteiger partial charge on any atom is -0.508 e. The first kappa shape index (κ1) is 16.0. The molecule has 0 saturated heterocycles. The average Bonchev–Trinajstić information content (AvgIpc) is 2.51. The lowest BCUT2D eigenvalue weighted by atomic mass is 10.0. The maximum absolute atomic E-state index is 12.7. The molecule has 0 saturated carbocycles. The number of aryl methyl sites for hydroxylation is 1. The van der Waals surface area contributed by atoms with Gasteiger partial charge in [0.15, 0.2) is 0 Å². The molecule has 0 heterocycles. The van der Waals surface area contributed by atoms with E-state index in [2.05, 4.69) is 0 Å². The van der Waals surface area contributed by atoms with E-state index in [9.17, 15) is 15.0 Å². The molecule has 1 amide bonds. The Labute approximate surface area is 130 Å². The number of rotatable bonds is 5. The monoisotopic (exact) mass is 299 g/mol. The first-order valence-corrected chi connectivity index (χ1v) is 7.26. The zero-order valence-electron chi connectivity index (χ0n) is 12.9. The van der Waals surface area contributed by atoms with Crippen molar-refractivity contribution in [1.82, 2.24) is 4.90 Å². The number of hydrogen-bond acceptors (Lipinski definition) is 3. The first-order chi connectivity index (χ1) is 10.5. The van der Waals surface area contributed by atoms with Gasteiger partial charge in [-0.1, -0.05) is 30.3 Å². The molecule has 2 rings (SSSR count). The number of amides is 1. The number of nitrogens with zero attached hydrogens (tertiary/aromatic N) is 1. The molecule has 0 aliphatic carbocycles. The van der Waals surface area contributed by atoms with Gasteiger partial charge in [-0.15, -0.1) is 0 Å². The third-order valence-electron chi connectivity index (χ3n) is 3.68. The van der Waals surface area contributed by atoms with E-state index in [4.69, 9.17) is 0 Å². The Morgan fingerprint density at radius 1 is 1.18 bits per heavy atom. The summed E-state index contributed by atoms with van der Waals surface area (Å²) >= 11 is 0. The number of hydrogen-bond donors (Lipinski definition) is 2. The van der Waals surface area contributed by atoms with E-state index in [1.165, 1.54) is 6.07 Å². The van der Waals surface area contributed by atoms with Crippen LogP contribution < -0.4 is 0 Å². The summed E-state index contributed by atoms with van der Waals surface area (Å²) in [5.41, 5.74) is 2.25. The van der Waals surface area contributed by atoms with Gasteiger partial charge >= 0.3 is 0 Å². The molecule has 22 heavy (non-hydrogen) atoms. The van der Waals surface area contributed by atoms with Crippen molar-refractivity contribution in [2.24, 2.45) is 0 Å². The molecule has 0 aromatic heterocycles. The summed E-state index contributed by atoms with van der Waals surface area (Å²) < 4.78 is 0. The summed E-state index contributed by atoms with van der Waals surface area (Å²) in [5.74, 6) is -0.100. The molecule has 116 valence electrons. The van der Waals surface area contributed by atoms with Crippen LogP contribution in [0.1, 0.15) is 33.9 Å². The van der Waals surface area contributed by atoms with Crippen molar-refractivity contribution in [3.63, 3.8) is 0 Å². The highest BCUT2D eigenvalue weighted by molar-refractivity contribution is 5.95. The molecule has 0 aliphatic rings. The molecular weight excluding hydrogens is 278 g/mol. The normalized spacial score (nSPS) is 12.0. The lowest BCUT2D eigenvalue weighted by molar-refractivity contribution is 0.0704. The molecule has 2 N–H and O–H groups in total. The van der Waals surface area contributed by atoms with Crippen molar-refractivity contribution >= 4 is 5.91 Å². The van der Waals surface area contributed by atoms with Gasteiger partial charge in [-0.05, 0) is 42.7 Å². The number of aliphatic hydroxyl groups is 1. The second-order valence-corrected chi connectivity index (χ2v) is 5.41. The Bertz CT molecular complexity index is 620. The molecule has 0 spiro atoms. The van der Waals surface area contributed by atoms with Crippen LogP contribution in [0.4, 0.5) is 0 Å². The highest BCUT2D eigenvalue weighted by Gasteiger charge is 2.22. The van der Waals surface area contributed by atoms with Gasteiger partial charge in [0.25, 0.3) is 5.91 Å². The zero-order valence-corrected chi connectivity index (χ0v) is 12.9. The topological polar surface area (TPSA) is 60.8 Å². The van der Waals surface area contributed by atoms with Gasteiger partial charge in [0.1, 0.15) is 5.75 Å². The molecule has 0 radical (unpaired) electrons. The molecule has 0 unspecified atom stereocenters. The first-order valence-electron chi connectivity index (χ1n) is 7.26. The average molecular weight is 299 g/mol. The van der Waals surface area contributed by atoms with E-state index in [1.54, 1.807) is 24.1 Å². The van der Waals surface area contributed by atoms with Crippen LogP contribution in [-0.4, -0.2) is 34.7 Å². The third kappa shape index (κ3) is 3.65. The second kappa shape index (κ2) is 7.09. The SMILES string of the molecule is Cc1cc(O)cc(C(=O)N(C)[C@H](CCO)c2ccccc2)c1. The number of phenols is 1. The highest BCUT2D eigenvalue weighted by atomic mass is 16.3. The lowest BCUT2D eigenvalue weighted by Crippen LogP contribution is -2.32. The van der Waals surface area contributed by atoms with Crippen LogP contribution in [0.3, 0.4) is 0 Å². The van der Waals surface area contributed by atoms with Gasteiger partial charge in [0.05, 0.1) is 6.04 Å². The lowest BCUT2D eigenvalue weighted by Gasteiger charge is -2.28. The largest absolute Gasteiger partial charge is 0.508 e. The quantitative estimate of drug-likeness (QED) is 0.892. The minimum atomic E-state index is -0.207. The van der Waals surface area contributed by atoms with Crippen molar-refractivity contribution in [2.75, 3.05) is 13.7 Å². The third-order valence-corrected chi connectivity index (χ3v) is 3.68. The van der Waals surface area contributed by atoms with Crippen LogP contribution >= 0.6 is 0 Å². The highest BCUT2D eigenvalue weighted by Crippen LogP contribution is 2.25. The summed E-state index contributed by atoms with van der Waals surface area (Å²) in [4.78, 5) is 14.3. The molecule has 0 aliphatic heterocycles. The summed E-state index contributed by atoms with van der Waals surface area (Å²) in [7, 11) is 1.72. The van der Waals surface area contributed by atoms with Gasteiger partial charge in [-0.25, -0.2) is 0 Å². The van der Waals surface area contributed by atoms with Crippen LogP contribution in [-0.2, 0) is 0 Å². The van der Waals surface area contributed by atoms with E-state index in [0.717, 1.165) is 11.1 Å². The predicted octanol–water partition coefficient (Wildman–Crippen LogP) is 2.90. The molecule has 2 aromatic carbocycles. The number of phenolic OH excluding ortho intramolecular Hbond substituents is 1. The van der Waals surface area contributed by atoms with Crippen molar-refractivity contribution in [1.29, 1.82) is 0 Å². The molecule has 0 fully saturated rings. The predicted molar refractivity (Wildman–Crippen MR) is 85.8 cm³/mol. The Kier molecular flexibility index (Phi) is 5.17. The van der Waals surface area contributed by atoms with Gasteiger partial charge in [-0.3, -0.25) is 4.79 Å². The van der Waals surface area contributed by atoms with Gasteiger partial charge in [0, 0.05) is 19.2 Å². The standard InChI is InChI=1S/C18H21NO3/c1-13-10-15(12-16(21)11-13)18(22)19(2)17(8-9-20)14-6-4-3-5-7-14/h3-7,10-12,17,20-21H,8-9H2,1-2H3/t17-/m1/s1. The van der Waals surface area contributed by atoms with E-state index in [1.807, 2.05) is 37.3 Å². The van der Waals surface area contributed by atoms with Gasteiger partial charge in [-0.2, -0.15) is 0 Å². The Morgan fingerprint density at radius 3 is 2.45 bits per heavy atom. The van der Waals surface area contributed by atoms with E-state index in [-0.39, 0.29) is 24.3 Å². The Balaban J connectivity index is 2.30. The van der Waals surface area contributed by atoms with E-state index in [0.29, 0.717) is 12.0 Å². The van der Waals surface area contributed by atoms with Crippen molar-refractivity contribution in [2.45, 2.75) is 19.4 Å². The molecule has 4 heteroatoms. The van der Waals surface area contributed by atoms with Crippen LogP contribution in [0, 0.1) is 6.92 Å². The molecule has 4 nitrogen and oxygen atoms in total. The fraction of sp³-hybridized carbons (Fsp3) is 0.278. The fourth-order valence-corrected chi connectivity index (χ4v) is 2.61. The molecular formula is C18H21NO3. The maximum Gasteiger partial charge on any atom is 0.254 e.